The summed E-state index contributed by atoms with van der Waals surface area (Å²) in [6.45, 7) is 4.55. The first-order valence-corrected chi connectivity index (χ1v) is 21.6. The SMILES string of the molecule is CC(C)(c1ccccc1)c1cccc(C2(C3CCCCC3)CCP(C3CCCCC3)C2=Nc2c(-c3ccccc3)cccc2-c2ccccc2)c1O. The molecular weight excluding hydrogens is 650 g/mol. The van der Waals surface area contributed by atoms with E-state index in [0.717, 1.165) is 23.2 Å². The molecule has 1 aliphatic heterocycles. The third-order valence-corrected chi connectivity index (χ3v) is 16.0. The molecule has 0 amide bonds. The van der Waals surface area contributed by atoms with Crippen LogP contribution in [0.1, 0.15) is 101 Å². The summed E-state index contributed by atoms with van der Waals surface area (Å²) in [7, 11) is -0.504. The number of phenols is 1. The van der Waals surface area contributed by atoms with Crippen LogP contribution < -0.4 is 0 Å². The fourth-order valence-electron chi connectivity index (χ4n) is 10.0. The molecule has 2 nitrogen and oxygen atoms in total. The van der Waals surface area contributed by atoms with Crippen molar-refractivity contribution in [2.24, 2.45) is 10.9 Å². The second kappa shape index (κ2) is 15.2. The number of nitrogens with zero attached hydrogens (tertiary/aromatic N) is 1. The van der Waals surface area contributed by atoms with E-state index in [0.29, 0.717) is 17.3 Å². The highest BCUT2D eigenvalue weighted by molar-refractivity contribution is 7.76. The molecule has 2 saturated carbocycles. The first kappa shape index (κ1) is 35.1. The molecule has 3 heteroatoms. The smallest absolute Gasteiger partial charge is 0.123 e. The number of aromatic hydroxyl groups is 1. The van der Waals surface area contributed by atoms with Gasteiger partial charge in [0.2, 0.25) is 0 Å². The van der Waals surface area contributed by atoms with Gasteiger partial charge in [-0.3, -0.25) is 4.99 Å². The molecule has 8 rings (SSSR count). The highest BCUT2D eigenvalue weighted by atomic mass is 31.1. The van der Waals surface area contributed by atoms with E-state index >= 15 is 0 Å². The third kappa shape index (κ3) is 6.47. The van der Waals surface area contributed by atoms with Gasteiger partial charge in [0.15, 0.2) is 0 Å². The standard InChI is InChI=1S/C49H54NOP/c1-48(2,38-24-12-5-13-25-38)43-32-19-33-44(46(43)51)49(39-26-14-6-15-27-39)34-35-52(40-28-16-7-17-29-40)47(49)50-45-41(36-20-8-3-9-21-36)30-18-31-42(45)37-22-10-4-11-23-37/h3-5,8-13,18-25,30-33,39-40,51H,6-7,14-17,26-29,34-35H2,1-2H3. The molecule has 266 valence electrons. The molecule has 5 aromatic rings. The van der Waals surface area contributed by atoms with Gasteiger partial charge in [-0.15, -0.1) is 0 Å². The Morgan fingerprint density at radius 1 is 0.615 bits per heavy atom. The Morgan fingerprint density at radius 3 is 1.75 bits per heavy atom. The van der Waals surface area contributed by atoms with Crippen molar-refractivity contribution >= 4 is 19.1 Å². The molecule has 1 saturated heterocycles. The van der Waals surface area contributed by atoms with Crippen molar-refractivity contribution in [2.45, 2.75) is 101 Å². The Hall–Kier alpha value is -4.00. The fourth-order valence-corrected chi connectivity index (χ4v) is 13.7. The minimum atomic E-state index is -0.504. The van der Waals surface area contributed by atoms with Gasteiger partial charge in [-0.25, -0.2) is 0 Å². The van der Waals surface area contributed by atoms with E-state index in [1.165, 1.54) is 104 Å². The predicted octanol–water partition coefficient (Wildman–Crippen LogP) is 13.8. The van der Waals surface area contributed by atoms with Crippen LogP contribution in [0.3, 0.4) is 0 Å². The monoisotopic (exact) mass is 703 g/mol. The molecule has 1 N–H and O–H groups in total. The average molecular weight is 704 g/mol. The Morgan fingerprint density at radius 2 is 1.15 bits per heavy atom. The molecule has 0 spiro atoms. The van der Waals surface area contributed by atoms with E-state index in [1.54, 1.807) is 0 Å². The zero-order valence-electron chi connectivity index (χ0n) is 31.1. The van der Waals surface area contributed by atoms with E-state index in [-0.39, 0.29) is 10.8 Å². The summed E-state index contributed by atoms with van der Waals surface area (Å²) in [4.78, 5) is 6.20. The van der Waals surface area contributed by atoms with Gasteiger partial charge < -0.3 is 5.11 Å². The summed E-state index contributed by atoms with van der Waals surface area (Å²) in [5.41, 5.74) is 10.8. The minimum absolute atomic E-state index is 0.297. The van der Waals surface area contributed by atoms with Gasteiger partial charge in [-0.2, -0.15) is 0 Å². The molecular formula is C49H54NOP. The van der Waals surface area contributed by atoms with Gasteiger partial charge in [-0.05, 0) is 66.5 Å². The van der Waals surface area contributed by atoms with Gasteiger partial charge in [0.05, 0.1) is 11.1 Å². The first-order chi connectivity index (χ1) is 25.5. The van der Waals surface area contributed by atoms with Crippen LogP contribution in [0.15, 0.2) is 132 Å². The second-order valence-corrected chi connectivity index (χ2v) is 18.6. The van der Waals surface area contributed by atoms with Gasteiger partial charge in [0.1, 0.15) is 5.75 Å². The van der Waals surface area contributed by atoms with Crippen molar-refractivity contribution < 1.29 is 5.11 Å². The second-order valence-electron chi connectivity index (χ2n) is 16.1. The van der Waals surface area contributed by atoms with E-state index < -0.39 is 7.92 Å². The number of aliphatic imine (C=N–C) groups is 1. The molecule has 5 aromatic carbocycles. The molecule has 2 atom stereocenters. The van der Waals surface area contributed by atoms with Crippen LogP contribution in [0, 0.1) is 5.92 Å². The van der Waals surface area contributed by atoms with Crippen LogP contribution in [0.25, 0.3) is 22.3 Å². The maximum atomic E-state index is 12.8. The molecule has 1 heterocycles. The number of hydrogen-bond donors (Lipinski definition) is 1. The van der Waals surface area contributed by atoms with E-state index in [2.05, 4.69) is 141 Å². The van der Waals surface area contributed by atoms with Crippen molar-refractivity contribution in [3.8, 4) is 28.0 Å². The third-order valence-electron chi connectivity index (χ3n) is 12.8. The highest BCUT2D eigenvalue weighted by Crippen LogP contribution is 2.66. The van der Waals surface area contributed by atoms with Crippen molar-refractivity contribution in [1.29, 1.82) is 0 Å². The topological polar surface area (TPSA) is 32.6 Å². The lowest BCUT2D eigenvalue weighted by Gasteiger charge is -2.43. The molecule has 2 unspecified atom stereocenters. The average Bonchev–Trinajstić information content (AvgIpc) is 3.59. The Labute approximate surface area is 313 Å². The van der Waals surface area contributed by atoms with Crippen LogP contribution in [0.5, 0.6) is 5.75 Å². The molecule has 0 aromatic heterocycles. The maximum Gasteiger partial charge on any atom is 0.123 e. The summed E-state index contributed by atoms with van der Waals surface area (Å²) in [5.74, 6) is 0.955. The quantitative estimate of drug-likeness (QED) is 0.160. The largest absolute Gasteiger partial charge is 0.507 e. The molecule has 3 aliphatic rings. The molecule has 3 fully saturated rings. The van der Waals surface area contributed by atoms with E-state index in [1.807, 2.05) is 0 Å². The molecule has 52 heavy (non-hydrogen) atoms. The van der Waals surface area contributed by atoms with Crippen molar-refractivity contribution in [2.75, 3.05) is 6.16 Å². The van der Waals surface area contributed by atoms with Crippen molar-refractivity contribution in [1.82, 2.24) is 0 Å². The summed E-state index contributed by atoms with van der Waals surface area (Å²) in [6, 6.07) is 46.0. The number of phenolic OH excluding ortho intramolecular Hbond substituents is 1. The van der Waals surface area contributed by atoms with E-state index in [4.69, 9.17) is 4.99 Å². The van der Waals surface area contributed by atoms with Crippen LogP contribution in [0.2, 0.25) is 0 Å². The maximum absolute atomic E-state index is 12.8. The van der Waals surface area contributed by atoms with Crippen molar-refractivity contribution in [3.63, 3.8) is 0 Å². The van der Waals surface area contributed by atoms with Crippen LogP contribution in [-0.2, 0) is 10.8 Å². The number of hydrogen-bond acceptors (Lipinski definition) is 2. The van der Waals surface area contributed by atoms with Gasteiger partial charge >= 0.3 is 0 Å². The Kier molecular flexibility index (Phi) is 10.2. The lowest BCUT2D eigenvalue weighted by atomic mass is 9.63. The molecule has 0 bridgehead atoms. The van der Waals surface area contributed by atoms with Gasteiger partial charge in [-0.1, -0.05) is 188 Å². The van der Waals surface area contributed by atoms with Crippen molar-refractivity contribution in [3.05, 3.63) is 144 Å². The number of benzene rings is 5. The Balaban J connectivity index is 1.41. The zero-order chi connectivity index (χ0) is 35.5. The summed E-state index contributed by atoms with van der Waals surface area (Å²) in [6.07, 6.45) is 15.1. The van der Waals surface area contributed by atoms with E-state index in [9.17, 15) is 5.11 Å². The van der Waals surface area contributed by atoms with Crippen LogP contribution in [-0.4, -0.2) is 22.4 Å². The predicted molar refractivity (Wildman–Crippen MR) is 223 cm³/mol. The minimum Gasteiger partial charge on any atom is -0.507 e. The fraction of sp³-hybridized carbons (Fsp3) is 0.367. The van der Waals surface area contributed by atoms with Gasteiger partial charge in [0, 0.05) is 33.1 Å². The Bertz CT molecular complexity index is 1930. The summed E-state index contributed by atoms with van der Waals surface area (Å²) < 4.78 is 0. The normalized spacial score (nSPS) is 22.5. The lowest BCUT2D eigenvalue weighted by molar-refractivity contribution is 0.256. The number of rotatable bonds is 8. The summed E-state index contributed by atoms with van der Waals surface area (Å²) >= 11 is 0. The first-order valence-electron chi connectivity index (χ1n) is 20.0. The number of para-hydroxylation sites is 2. The van der Waals surface area contributed by atoms with Gasteiger partial charge in [0.25, 0.3) is 0 Å². The van der Waals surface area contributed by atoms with Crippen LogP contribution >= 0.6 is 7.92 Å². The molecule has 2 aliphatic carbocycles. The van der Waals surface area contributed by atoms with Crippen LogP contribution in [0.4, 0.5) is 5.69 Å². The zero-order valence-corrected chi connectivity index (χ0v) is 32.0. The summed E-state index contributed by atoms with van der Waals surface area (Å²) in [5, 5.41) is 12.8. The highest BCUT2D eigenvalue weighted by Gasteiger charge is 2.54. The lowest BCUT2D eigenvalue weighted by Crippen LogP contribution is -2.41. The molecule has 0 radical (unpaired) electrons.